The van der Waals surface area contributed by atoms with Crippen LogP contribution in [0, 0.1) is 11.3 Å². The van der Waals surface area contributed by atoms with Crippen LogP contribution in [0.5, 0.6) is 0 Å². The van der Waals surface area contributed by atoms with Gasteiger partial charge in [-0.05, 0) is 24.3 Å². The summed E-state index contributed by atoms with van der Waals surface area (Å²) in [5.74, 6) is 0.0768. The Morgan fingerprint density at radius 1 is 1.29 bits per heavy atom. The summed E-state index contributed by atoms with van der Waals surface area (Å²) in [6, 6.07) is 6.05. The van der Waals surface area contributed by atoms with Gasteiger partial charge in [-0.3, -0.25) is 0 Å². The van der Waals surface area contributed by atoms with E-state index < -0.39 is 11.7 Å². The second-order valence-electron chi connectivity index (χ2n) is 4.09. The highest BCUT2D eigenvalue weighted by molar-refractivity contribution is 6.33. The molecule has 0 fully saturated rings. The standard InChI is InChI=1S/C13H8ClF3N4/c14-10-2-1-8(13(15,16)17)4-11(10)21-12-7(5-18)3-9(19)6-20-12/h1-4,6H,19H2,(H,20,21). The van der Waals surface area contributed by atoms with E-state index >= 15 is 0 Å². The predicted molar refractivity (Wildman–Crippen MR) is 73.1 cm³/mol. The maximum atomic E-state index is 12.7. The Bertz CT molecular complexity index is 722. The molecule has 0 saturated carbocycles. The van der Waals surface area contributed by atoms with E-state index in [1.54, 1.807) is 0 Å². The molecule has 2 aromatic rings. The lowest BCUT2D eigenvalue weighted by Crippen LogP contribution is -2.06. The molecule has 0 saturated heterocycles. The van der Waals surface area contributed by atoms with Crippen LogP contribution in [0.4, 0.5) is 30.4 Å². The molecular weight excluding hydrogens is 305 g/mol. The van der Waals surface area contributed by atoms with Crippen molar-refractivity contribution in [3.8, 4) is 6.07 Å². The lowest BCUT2D eigenvalue weighted by Gasteiger charge is -2.12. The molecule has 0 spiro atoms. The van der Waals surface area contributed by atoms with Crippen molar-refractivity contribution in [2.24, 2.45) is 0 Å². The molecule has 0 radical (unpaired) electrons. The lowest BCUT2D eigenvalue weighted by atomic mass is 10.2. The van der Waals surface area contributed by atoms with Crippen LogP contribution in [0.15, 0.2) is 30.5 Å². The number of hydrogen-bond donors (Lipinski definition) is 2. The minimum atomic E-state index is -4.49. The Balaban J connectivity index is 2.43. The van der Waals surface area contributed by atoms with E-state index in [2.05, 4.69) is 10.3 Å². The number of nitrogens with two attached hydrogens (primary N) is 1. The number of hydrogen-bond acceptors (Lipinski definition) is 4. The van der Waals surface area contributed by atoms with Crippen LogP contribution in [0.2, 0.25) is 5.02 Å². The number of nitrogens with zero attached hydrogens (tertiary/aromatic N) is 2. The number of halogens is 4. The average Bonchev–Trinajstić information content (AvgIpc) is 2.41. The fourth-order valence-corrected chi connectivity index (χ4v) is 1.76. The van der Waals surface area contributed by atoms with Crippen LogP contribution in [-0.2, 0) is 6.18 Å². The van der Waals surface area contributed by atoms with Gasteiger partial charge in [-0.2, -0.15) is 18.4 Å². The molecule has 4 nitrogen and oxygen atoms in total. The number of pyridine rings is 1. The maximum Gasteiger partial charge on any atom is 0.416 e. The molecule has 2 rings (SSSR count). The second-order valence-corrected chi connectivity index (χ2v) is 4.50. The first-order valence-electron chi connectivity index (χ1n) is 5.60. The van der Waals surface area contributed by atoms with Crippen LogP contribution < -0.4 is 11.1 Å². The molecule has 0 aliphatic heterocycles. The summed E-state index contributed by atoms with van der Waals surface area (Å²) in [5.41, 5.74) is 5.00. The van der Waals surface area contributed by atoms with Gasteiger partial charge in [0, 0.05) is 0 Å². The maximum absolute atomic E-state index is 12.7. The van der Waals surface area contributed by atoms with Gasteiger partial charge in [0.15, 0.2) is 0 Å². The summed E-state index contributed by atoms with van der Waals surface area (Å²) < 4.78 is 38.0. The smallest absolute Gasteiger partial charge is 0.397 e. The summed E-state index contributed by atoms with van der Waals surface area (Å²) in [5, 5.41) is 11.7. The summed E-state index contributed by atoms with van der Waals surface area (Å²) in [7, 11) is 0. The fourth-order valence-electron chi connectivity index (χ4n) is 1.59. The van der Waals surface area contributed by atoms with Gasteiger partial charge in [0.2, 0.25) is 0 Å². The summed E-state index contributed by atoms with van der Waals surface area (Å²) >= 11 is 5.86. The fraction of sp³-hybridized carbons (Fsp3) is 0.0769. The zero-order valence-corrected chi connectivity index (χ0v) is 11.1. The van der Waals surface area contributed by atoms with Gasteiger partial charge in [-0.1, -0.05) is 11.6 Å². The van der Waals surface area contributed by atoms with Crippen molar-refractivity contribution >= 4 is 28.8 Å². The van der Waals surface area contributed by atoms with Crippen LogP contribution >= 0.6 is 11.6 Å². The van der Waals surface area contributed by atoms with Crippen LogP contribution in [0.25, 0.3) is 0 Å². The number of alkyl halides is 3. The second kappa shape index (κ2) is 5.50. The number of nitriles is 1. The number of rotatable bonds is 2. The minimum Gasteiger partial charge on any atom is -0.397 e. The molecule has 1 heterocycles. The molecule has 8 heteroatoms. The number of aromatic nitrogens is 1. The van der Waals surface area contributed by atoms with Gasteiger partial charge in [0.25, 0.3) is 0 Å². The van der Waals surface area contributed by atoms with Crippen molar-refractivity contribution < 1.29 is 13.2 Å². The summed E-state index contributed by atoms with van der Waals surface area (Å²) in [6.45, 7) is 0. The number of nitrogens with one attached hydrogen (secondary N) is 1. The van der Waals surface area contributed by atoms with Gasteiger partial charge >= 0.3 is 6.18 Å². The third-order valence-electron chi connectivity index (χ3n) is 2.58. The van der Waals surface area contributed by atoms with Crippen molar-refractivity contribution in [2.45, 2.75) is 6.18 Å². The van der Waals surface area contributed by atoms with Crippen molar-refractivity contribution in [1.82, 2.24) is 4.98 Å². The highest BCUT2D eigenvalue weighted by Gasteiger charge is 2.31. The number of benzene rings is 1. The zero-order valence-electron chi connectivity index (χ0n) is 10.4. The Hall–Kier alpha value is -2.46. The van der Waals surface area contributed by atoms with E-state index in [4.69, 9.17) is 22.6 Å². The minimum absolute atomic E-state index is 0.000244. The Morgan fingerprint density at radius 2 is 2.00 bits per heavy atom. The first-order valence-corrected chi connectivity index (χ1v) is 5.98. The first kappa shape index (κ1) is 14.9. The third kappa shape index (κ3) is 3.35. The van der Waals surface area contributed by atoms with Crippen molar-refractivity contribution in [1.29, 1.82) is 5.26 Å². The molecule has 0 atom stereocenters. The predicted octanol–water partition coefficient (Wildman–Crippen LogP) is 3.95. The van der Waals surface area contributed by atoms with E-state index in [1.165, 1.54) is 12.3 Å². The third-order valence-corrected chi connectivity index (χ3v) is 2.91. The van der Waals surface area contributed by atoms with Crippen LogP contribution in [-0.4, -0.2) is 4.98 Å². The quantitative estimate of drug-likeness (QED) is 0.880. The van der Waals surface area contributed by atoms with E-state index in [9.17, 15) is 13.2 Å². The van der Waals surface area contributed by atoms with Gasteiger partial charge in [0.05, 0.1) is 33.7 Å². The molecular formula is C13H8ClF3N4. The Kier molecular flexibility index (Phi) is 3.91. The first-order chi connectivity index (χ1) is 9.81. The largest absolute Gasteiger partial charge is 0.416 e. The highest BCUT2D eigenvalue weighted by Crippen LogP contribution is 2.35. The van der Waals surface area contributed by atoms with Crippen LogP contribution in [0.3, 0.4) is 0 Å². The average molecular weight is 313 g/mol. The molecule has 0 bridgehead atoms. The van der Waals surface area contributed by atoms with Crippen LogP contribution in [0.1, 0.15) is 11.1 Å². The molecule has 1 aromatic heterocycles. The summed E-state index contributed by atoms with van der Waals surface area (Å²) in [4.78, 5) is 3.88. The Morgan fingerprint density at radius 3 is 2.62 bits per heavy atom. The molecule has 108 valence electrons. The molecule has 0 unspecified atom stereocenters. The van der Waals surface area contributed by atoms with E-state index in [0.717, 1.165) is 18.2 Å². The topological polar surface area (TPSA) is 74.7 Å². The van der Waals surface area contributed by atoms with Crippen molar-refractivity contribution in [3.63, 3.8) is 0 Å². The SMILES string of the molecule is N#Cc1cc(N)cnc1Nc1cc(C(F)(F)F)ccc1Cl. The molecule has 1 aromatic carbocycles. The molecule has 0 aliphatic carbocycles. The zero-order chi connectivity index (χ0) is 15.6. The van der Waals surface area contributed by atoms with E-state index in [1.807, 2.05) is 6.07 Å². The van der Waals surface area contributed by atoms with Crippen molar-refractivity contribution in [2.75, 3.05) is 11.1 Å². The normalized spacial score (nSPS) is 11.0. The monoisotopic (exact) mass is 312 g/mol. The Labute approximate surface area is 123 Å². The van der Waals surface area contributed by atoms with Crippen molar-refractivity contribution in [3.05, 3.63) is 46.6 Å². The van der Waals surface area contributed by atoms with Gasteiger partial charge in [0.1, 0.15) is 11.9 Å². The molecule has 0 aliphatic rings. The molecule has 21 heavy (non-hydrogen) atoms. The molecule has 3 N–H and O–H groups in total. The van der Waals surface area contributed by atoms with Gasteiger partial charge in [-0.25, -0.2) is 4.98 Å². The van der Waals surface area contributed by atoms with E-state index in [-0.39, 0.29) is 27.8 Å². The lowest BCUT2D eigenvalue weighted by molar-refractivity contribution is -0.137. The van der Waals surface area contributed by atoms with Gasteiger partial charge in [-0.15, -0.1) is 0 Å². The number of anilines is 3. The highest BCUT2D eigenvalue weighted by atomic mass is 35.5. The molecule has 0 amide bonds. The number of nitrogen functional groups attached to an aromatic ring is 1. The summed E-state index contributed by atoms with van der Waals surface area (Å²) in [6.07, 6.45) is -3.21. The van der Waals surface area contributed by atoms with E-state index in [0.29, 0.717) is 0 Å². The van der Waals surface area contributed by atoms with Gasteiger partial charge < -0.3 is 11.1 Å².